The van der Waals surface area contributed by atoms with Crippen molar-refractivity contribution in [1.29, 1.82) is 0 Å². The number of imidazole rings is 1. The van der Waals surface area contributed by atoms with Gasteiger partial charge in [0.25, 0.3) is 0 Å². The molecular weight excluding hydrogens is 344 g/mol. The normalized spacial score (nSPS) is 10.8. The molecule has 0 radical (unpaired) electrons. The minimum atomic E-state index is -0.0202. The predicted molar refractivity (Wildman–Crippen MR) is 98.0 cm³/mol. The van der Waals surface area contributed by atoms with Crippen LogP contribution in [0.3, 0.4) is 0 Å². The fraction of sp³-hybridized carbons (Fsp3) is 0.235. The quantitative estimate of drug-likeness (QED) is 0.717. The number of rotatable bonds is 5. The summed E-state index contributed by atoms with van der Waals surface area (Å²) < 4.78 is 1.86. The summed E-state index contributed by atoms with van der Waals surface area (Å²) in [7, 11) is 0. The molecule has 1 aromatic carbocycles. The number of aryl methyl sites for hydroxylation is 1. The minimum absolute atomic E-state index is 0.0202. The van der Waals surface area contributed by atoms with Gasteiger partial charge in [-0.2, -0.15) is 0 Å². The van der Waals surface area contributed by atoms with E-state index in [4.69, 9.17) is 11.6 Å². The molecule has 0 saturated carbocycles. The number of hydrogen-bond acceptors (Lipinski definition) is 4. The highest BCUT2D eigenvalue weighted by Crippen LogP contribution is 2.28. The van der Waals surface area contributed by atoms with Gasteiger partial charge in [-0.25, -0.2) is 9.97 Å². The minimum Gasteiger partial charge on any atom is -0.310 e. The smallest absolute Gasteiger partial charge is 0.225 e. The third kappa shape index (κ3) is 3.49. The van der Waals surface area contributed by atoms with Crippen LogP contribution in [-0.4, -0.2) is 20.4 Å². The van der Waals surface area contributed by atoms with Crippen LogP contribution < -0.4 is 5.32 Å². The van der Waals surface area contributed by atoms with Crippen molar-refractivity contribution in [3.05, 3.63) is 46.7 Å². The van der Waals surface area contributed by atoms with E-state index in [1.54, 1.807) is 6.20 Å². The van der Waals surface area contributed by atoms with Crippen LogP contribution in [-0.2, 0) is 4.79 Å². The first kappa shape index (κ1) is 16.7. The van der Waals surface area contributed by atoms with Crippen molar-refractivity contribution in [2.75, 3.05) is 5.32 Å². The number of hydrogen-bond donors (Lipinski definition) is 1. The van der Waals surface area contributed by atoms with E-state index < -0.39 is 0 Å². The van der Waals surface area contributed by atoms with Crippen LogP contribution >= 0.6 is 22.9 Å². The second-order valence-corrected chi connectivity index (χ2v) is 6.62. The molecule has 0 atom stereocenters. The number of thiazole rings is 1. The fourth-order valence-corrected chi connectivity index (χ4v) is 3.35. The van der Waals surface area contributed by atoms with Crippen molar-refractivity contribution >= 4 is 34.7 Å². The molecule has 2 heterocycles. The van der Waals surface area contributed by atoms with Crippen LogP contribution in [0.2, 0.25) is 5.02 Å². The van der Waals surface area contributed by atoms with E-state index in [0.717, 1.165) is 28.6 Å². The van der Waals surface area contributed by atoms with Crippen LogP contribution in [0.25, 0.3) is 16.4 Å². The number of carbonyl (C=O) groups excluding carboxylic acids is 1. The molecule has 0 spiro atoms. The number of nitrogens with one attached hydrogen (secondary N) is 1. The Kier molecular flexibility index (Phi) is 4.97. The molecule has 0 aliphatic heterocycles. The van der Waals surface area contributed by atoms with E-state index in [9.17, 15) is 4.79 Å². The number of benzene rings is 1. The topological polar surface area (TPSA) is 59.8 Å². The standard InChI is InChI=1S/C17H17ClN4OS/c1-3-4-16(23)21-15-9-19-11(2)22(15)17-20-14(10-24-17)12-5-7-13(18)8-6-12/h5-10H,3-4H2,1-2H3,(H,21,23). The molecule has 0 unspecified atom stereocenters. The lowest BCUT2D eigenvalue weighted by Gasteiger charge is -2.08. The van der Waals surface area contributed by atoms with Gasteiger partial charge in [0, 0.05) is 22.4 Å². The first-order chi connectivity index (χ1) is 11.6. The zero-order chi connectivity index (χ0) is 17.1. The monoisotopic (exact) mass is 360 g/mol. The third-order valence-corrected chi connectivity index (χ3v) is 4.58. The number of aromatic nitrogens is 3. The number of carbonyl (C=O) groups is 1. The van der Waals surface area contributed by atoms with E-state index >= 15 is 0 Å². The van der Waals surface area contributed by atoms with Crippen molar-refractivity contribution in [2.45, 2.75) is 26.7 Å². The van der Waals surface area contributed by atoms with Crippen molar-refractivity contribution < 1.29 is 4.79 Å². The largest absolute Gasteiger partial charge is 0.310 e. The Morgan fingerprint density at radius 3 is 2.79 bits per heavy atom. The number of anilines is 1. The maximum Gasteiger partial charge on any atom is 0.225 e. The summed E-state index contributed by atoms with van der Waals surface area (Å²) in [5, 5.41) is 6.34. The molecule has 7 heteroatoms. The fourth-order valence-electron chi connectivity index (χ4n) is 2.33. The van der Waals surface area contributed by atoms with Crippen LogP contribution in [0.1, 0.15) is 25.6 Å². The third-order valence-electron chi connectivity index (χ3n) is 3.51. The highest BCUT2D eigenvalue weighted by atomic mass is 35.5. The van der Waals surface area contributed by atoms with Gasteiger partial charge in [-0.15, -0.1) is 11.3 Å². The molecule has 0 fully saturated rings. The molecule has 124 valence electrons. The maximum absolute atomic E-state index is 11.9. The van der Waals surface area contributed by atoms with Gasteiger partial charge in [0.15, 0.2) is 5.13 Å². The average molecular weight is 361 g/mol. The molecule has 0 aliphatic rings. The molecule has 2 aromatic heterocycles. The van der Waals surface area contributed by atoms with Crippen molar-refractivity contribution in [1.82, 2.24) is 14.5 Å². The number of nitrogens with zero attached hydrogens (tertiary/aromatic N) is 3. The summed E-state index contributed by atoms with van der Waals surface area (Å²) >= 11 is 7.43. The van der Waals surface area contributed by atoms with Crippen LogP contribution in [0.15, 0.2) is 35.8 Å². The zero-order valence-corrected chi connectivity index (χ0v) is 15.0. The Hall–Kier alpha value is -2.18. The van der Waals surface area contributed by atoms with Crippen molar-refractivity contribution in [3.8, 4) is 16.4 Å². The van der Waals surface area contributed by atoms with Crippen molar-refractivity contribution in [3.63, 3.8) is 0 Å². The summed E-state index contributed by atoms with van der Waals surface area (Å²) in [5.74, 6) is 1.40. The molecule has 24 heavy (non-hydrogen) atoms. The molecule has 3 rings (SSSR count). The van der Waals surface area contributed by atoms with Gasteiger partial charge in [-0.3, -0.25) is 9.36 Å². The molecule has 3 aromatic rings. The van der Waals surface area contributed by atoms with Gasteiger partial charge in [-0.05, 0) is 25.5 Å². The average Bonchev–Trinajstić information content (AvgIpc) is 3.15. The lowest BCUT2D eigenvalue weighted by Crippen LogP contribution is -2.14. The molecule has 5 nitrogen and oxygen atoms in total. The van der Waals surface area contributed by atoms with Gasteiger partial charge in [-0.1, -0.05) is 30.7 Å². The first-order valence-electron chi connectivity index (χ1n) is 7.64. The van der Waals surface area contributed by atoms with Crippen LogP contribution in [0.5, 0.6) is 0 Å². The number of amides is 1. The zero-order valence-electron chi connectivity index (χ0n) is 13.4. The van der Waals surface area contributed by atoms with Gasteiger partial charge < -0.3 is 5.32 Å². The Balaban J connectivity index is 1.91. The summed E-state index contributed by atoms with van der Waals surface area (Å²) in [4.78, 5) is 20.9. The highest BCUT2D eigenvalue weighted by molar-refractivity contribution is 7.12. The van der Waals surface area contributed by atoms with Crippen LogP contribution in [0.4, 0.5) is 5.82 Å². The van der Waals surface area contributed by atoms with E-state index in [1.165, 1.54) is 11.3 Å². The Labute approximate surface area is 149 Å². The maximum atomic E-state index is 11.9. The van der Waals surface area contributed by atoms with Gasteiger partial charge >= 0.3 is 0 Å². The molecule has 1 amide bonds. The Morgan fingerprint density at radius 2 is 2.08 bits per heavy atom. The molecule has 1 N–H and O–H groups in total. The first-order valence-corrected chi connectivity index (χ1v) is 8.90. The molecule has 0 saturated heterocycles. The van der Waals surface area contributed by atoms with E-state index in [0.29, 0.717) is 17.3 Å². The molecular formula is C17H17ClN4OS. The highest BCUT2D eigenvalue weighted by Gasteiger charge is 2.15. The Morgan fingerprint density at radius 1 is 1.33 bits per heavy atom. The summed E-state index contributed by atoms with van der Waals surface area (Å²) in [6.45, 7) is 3.86. The molecule has 0 aliphatic carbocycles. The van der Waals surface area contributed by atoms with Crippen molar-refractivity contribution in [2.24, 2.45) is 0 Å². The van der Waals surface area contributed by atoms with Gasteiger partial charge in [0.05, 0.1) is 11.9 Å². The van der Waals surface area contributed by atoms with E-state index in [1.807, 2.05) is 48.1 Å². The predicted octanol–water partition coefficient (Wildman–Crippen LogP) is 4.70. The number of halogens is 1. The lowest BCUT2D eigenvalue weighted by atomic mass is 10.2. The lowest BCUT2D eigenvalue weighted by molar-refractivity contribution is -0.116. The summed E-state index contributed by atoms with van der Waals surface area (Å²) in [5.41, 5.74) is 1.86. The Bertz CT molecular complexity index is 854. The van der Waals surface area contributed by atoms with Gasteiger partial charge in [0.2, 0.25) is 5.91 Å². The summed E-state index contributed by atoms with van der Waals surface area (Å²) in [6, 6.07) is 7.56. The van der Waals surface area contributed by atoms with Gasteiger partial charge in [0.1, 0.15) is 11.6 Å². The van der Waals surface area contributed by atoms with E-state index in [-0.39, 0.29) is 5.91 Å². The second-order valence-electron chi connectivity index (χ2n) is 5.35. The molecule has 0 bridgehead atoms. The van der Waals surface area contributed by atoms with Crippen LogP contribution in [0, 0.1) is 6.92 Å². The van der Waals surface area contributed by atoms with E-state index in [2.05, 4.69) is 15.3 Å². The summed E-state index contributed by atoms with van der Waals surface area (Å²) in [6.07, 6.45) is 2.95. The second kappa shape index (κ2) is 7.15. The SMILES string of the molecule is CCCC(=O)Nc1cnc(C)n1-c1nc(-c2ccc(Cl)cc2)cs1.